The lowest BCUT2D eigenvalue weighted by atomic mass is 10.3. The summed E-state index contributed by atoms with van der Waals surface area (Å²) >= 11 is 4.92. The molecule has 0 spiro atoms. The van der Waals surface area contributed by atoms with Crippen LogP contribution in [0.3, 0.4) is 0 Å². The van der Waals surface area contributed by atoms with Crippen molar-refractivity contribution in [2.45, 2.75) is 27.0 Å². The minimum absolute atomic E-state index is 0.227. The maximum Gasteiger partial charge on any atom is 0.359 e. The van der Waals surface area contributed by atoms with E-state index in [1.54, 1.807) is 11.6 Å². The van der Waals surface area contributed by atoms with Crippen LogP contribution in [0.25, 0.3) is 0 Å². The van der Waals surface area contributed by atoms with Gasteiger partial charge in [0.2, 0.25) is 0 Å². The number of nitrogens with zero attached hydrogens (tertiary/aromatic N) is 2. The minimum Gasteiger partial charge on any atom is -0.455 e. The van der Waals surface area contributed by atoms with Gasteiger partial charge in [0.15, 0.2) is 5.69 Å². The molecule has 0 saturated carbocycles. The molecule has 7 heteroatoms. The third kappa shape index (κ3) is 2.82. The van der Waals surface area contributed by atoms with E-state index >= 15 is 0 Å². The summed E-state index contributed by atoms with van der Waals surface area (Å²) in [7, 11) is 0. The van der Waals surface area contributed by atoms with Crippen molar-refractivity contribution in [1.82, 2.24) is 9.78 Å². The number of ether oxygens (including phenoxy) is 1. The zero-order valence-electron chi connectivity index (χ0n) is 10.6. The van der Waals surface area contributed by atoms with Crippen molar-refractivity contribution in [3.05, 3.63) is 32.2 Å². The molecule has 2 aromatic rings. The molecule has 0 bridgehead atoms. The lowest BCUT2D eigenvalue weighted by Crippen LogP contribution is -2.14. The Hall–Kier alpha value is -1.34. The van der Waals surface area contributed by atoms with Crippen LogP contribution >= 0.6 is 27.3 Å². The van der Waals surface area contributed by atoms with Crippen molar-refractivity contribution in [2.75, 3.05) is 5.73 Å². The molecule has 0 aliphatic heterocycles. The van der Waals surface area contributed by atoms with Gasteiger partial charge >= 0.3 is 5.97 Å². The molecule has 0 radical (unpaired) electrons. The average molecular weight is 344 g/mol. The highest BCUT2D eigenvalue weighted by molar-refractivity contribution is 9.10. The van der Waals surface area contributed by atoms with E-state index in [1.807, 2.05) is 18.4 Å². The van der Waals surface area contributed by atoms with Crippen molar-refractivity contribution in [3.8, 4) is 0 Å². The van der Waals surface area contributed by atoms with Crippen LogP contribution in [0.4, 0.5) is 5.69 Å². The van der Waals surface area contributed by atoms with Crippen LogP contribution in [0.5, 0.6) is 0 Å². The first-order valence-corrected chi connectivity index (χ1v) is 7.43. The summed E-state index contributed by atoms with van der Waals surface area (Å²) < 4.78 is 7.80. The summed E-state index contributed by atoms with van der Waals surface area (Å²) in [4.78, 5) is 13.1. The van der Waals surface area contributed by atoms with E-state index in [0.717, 1.165) is 9.35 Å². The first kappa shape index (κ1) is 14.1. The topological polar surface area (TPSA) is 70.1 Å². The number of carbonyl (C=O) groups is 1. The fourth-order valence-corrected chi connectivity index (χ4v) is 3.04. The molecule has 102 valence electrons. The lowest BCUT2D eigenvalue weighted by molar-refractivity contribution is 0.0463. The molecular weight excluding hydrogens is 330 g/mol. The number of aryl methyl sites for hydroxylation is 2. The number of esters is 1. The molecule has 2 heterocycles. The largest absolute Gasteiger partial charge is 0.455 e. The minimum atomic E-state index is -0.444. The van der Waals surface area contributed by atoms with E-state index in [2.05, 4.69) is 21.0 Å². The number of carbonyl (C=O) groups excluding carboxylic acids is 1. The highest BCUT2D eigenvalue weighted by Crippen LogP contribution is 2.24. The Kier molecular flexibility index (Phi) is 4.26. The molecule has 19 heavy (non-hydrogen) atoms. The molecule has 5 nitrogen and oxygen atoms in total. The molecule has 0 saturated heterocycles. The molecule has 0 fully saturated rings. The van der Waals surface area contributed by atoms with Gasteiger partial charge in [-0.2, -0.15) is 5.10 Å². The average Bonchev–Trinajstić information content (AvgIpc) is 2.91. The van der Waals surface area contributed by atoms with Crippen molar-refractivity contribution in [1.29, 1.82) is 0 Å². The normalized spacial score (nSPS) is 10.7. The first-order chi connectivity index (χ1) is 9.04. The number of nitrogen functional groups attached to an aromatic ring is 1. The summed E-state index contributed by atoms with van der Waals surface area (Å²) in [5.74, 6) is -0.444. The van der Waals surface area contributed by atoms with Crippen molar-refractivity contribution in [3.63, 3.8) is 0 Å². The molecule has 0 aromatic carbocycles. The second-order valence-corrected chi connectivity index (χ2v) is 5.79. The summed E-state index contributed by atoms with van der Waals surface area (Å²) in [6, 6.07) is 1.92. The SMILES string of the molecule is CCn1nc(C)c(N)c1C(=O)OCc1sccc1Br. The van der Waals surface area contributed by atoms with E-state index in [1.165, 1.54) is 11.3 Å². The summed E-state index contributed by atoms with van der Waals surface area (Å²) in [5, 5.41) is 6.13. The fraction of sp³-hybridized carbons (Fsp3) is 0.333. The van der Waals surface area contributed by atoms with Gasteiger partial charge in [0, 0.05) is 11.0 Å². The maximum atomic E-state index is 12.1. The number of hydrogen-bond acceptors (Lipinski definition) is 5. The zero-order chi connectivity index (χ0) is 14.0. The predicted octanol–water partition coefficient (Wildman–Crippen LogP) is 2.97. The maximum absolute atomic E-state index is 12.1. The smallest absolute Gasteiger partial charge is 0.359 e. The van der Waals surface area contributed by atoms with Crippen LogP contribution < -0.4 is 5.73 Å². The van der Waals surface area contributed by atoms with Gasteiger partial charge in [0.1, 0.15) is 6.61 Å². The van der Waals surface area contributed by atoms with E-state index < -0.39 is 5.97 Å². The molecule has 2 aromatic heterocycles. The molecule has 0 unspecified atom stereocenters. The van der Waals surface area contributed by atoms with Gasteiger partial charge in [-0.15, -0.1) is 11.3 Å². The molecule has 0 atom stereocenters. The van der Waals surface area contributed by atoms with Crippen LogP contribution in [-0.2, 0) is 17.9 Å². The molecule has 0 aliphatic rings. The van der Waals surface area contributed by atoms with Gasteiger partial charge in [-0.05, 0) is 41.2 Å². The summed E-state index contributed by atoms with van der Waals surface area (Å²) in [6.45, 7) is 4.47. The Morgan fingerprint density at radius 2 is 2.37 bits per heavy atom. The van der Waals surface area contributed by atoms with Gasteiger partial charge in [0.05, 0.1) is 16.3 Å². The zero-order valence-corrected chi connectivity index (χ0v) is 13.0. The predicted molar refractivity (Wildman–Crippen MR) is 78.2 cm³/mol. The fourth-order valence-electron chi connectivity index (χ4n) is 1.67. The van der Waals surface area contributed by atoms with Crippen LogP contribution in [-0.4, -0.2) is 15.7 Å². The van der Waals surface area contributed by atoms with E-state index in [-0.39, 0.29) is 6.61 Å². The Balaban J connectivity index is 2.14. The molecule has 2 rings (SSSR count). The number of hydrogen-bond donors (Lipinski definition) is 1. The van der Waals surface area contributed by atoms with Crippen LogP contribution in [0, 0.1) is 6.92 Å². The number of thiophene rings is 1. The number of halogens is 1. The molecular formula is C12H14BrN3O2S. The van der Waals surface area contributed by atoms with Crippen LogP contribution in [0.15, 0.2) is 15.9 Å². The van der Waals surface area contributed by atoms with Gasteiger partial charge in [-0.1, -0.05) is 0 Å². The van der Waals surface area contributed by atoms with Crippen molar-refractivity contribution >= 4 is 38.9 Å². The summed E-state index contributed by atoms with van der Waals surface area (Å²) in [6.07, 6.45) is 0. The second-order valence-electron chi connectivity index (χ2n) is 3.93. The van der Waals surface area contributed by atoms with Crippen molar-refractivity contribution in [2.24, 2.45) is 0 Å². The van der Waals surface area contributed by atoms with Crippen molar-refractivity contribution < 1.29 is 9.53 Å². The monoisotopic (exact) mass is 343 g/mol. The third-order valence-corrected chi connectivity index (χ3v) is 4.59. The highest BCUT2D eigenvalue weighted by Gasteiger charge is 2.20. The van der Waals surface area contributed by atoms with E-state index in [4.69, 9.17) is 10.5 Å². The lowest BCUT2D eigenvalue weighted by Gasteiger charge is -2.06. The highest BCUT2D eigenvalue weighted by atomic mass is 79.9. The van der Waals surface area contributed by atoms with Gasteiger partial charge in [-0.3, -0.25) is 4.68 Å². The summed E-state index contributed by atoms with van der Waals surface area (Å²) in [5.41, 5.74) is 7.23. The molecule has 2 N–H and O–H groups in total. The number of rotatable bonds is 4. The van der Waals surface area contributed by atoms with Crippen LogP contribution in [0.1, 0.15) is 28.0 Å². The van der Waals surface area contributed by atoms with Gasteiger partial charge in [-0.25, -0.2) is 4.79 Å². The Bertz CT molecular complexity index is 606. The van der Waals surface area contributed by atoms with E-state index in [9.17, 15) is 4.79 Å². The van der Waals surface area contributed by atoms with Crippen LogP contribution in [0.2, 0.25) is 0 Å². The number of aromatic nitrogens is 2. The molecule has 0 amide bonds. The Morgan fingerprint density at radius 1 is 1.63 bits per heavy atom. The van der Waals surface area contributed by atoms with E-state index in [0.29, 0.717) is 23.6 Å². The van der Waals surface area contributed by atoms with Gasteiger partial charge < -0.3 is 10.5 Å². The number of nitrogens with two attached hydrogens (primary N) is 1. The second kappa shape index (κ2) is 5.75. The number of anilines is 1. The van der Waals surface area contributed by atoms with Gasteiger partial charge in [0.25, 0.3) is 0 Å². The quantitative estimate of drug-likeness (QED) is 0.866. The first-order valence-electron chi connectivity index (χ1n) is 5.76. The third-order valence-electron chi connectivity index (χ3n) is 2.69. The Morgan fingerprint density at radius 3 is 2.95 bits per heavy atom. The Labute approximate surface area is 123 Å². The standard InChI is InChI=1S/C12H14BrN3O2S/c1-3-16-11(10(14)7(2)15-16)12(17)18-6-9-8(13)4-5-19-9/h4-5H,3,6,14H2,1-2H3. The molecule has 0 aliphatic carbocycles.